The number of benzene rings is 3. The highest BCUT2D eigenvalue weighted by atomic mass is 32.1. The van der Waals surface area contributed by atoms with Gasteiger partial charge in [0, 0.05) is 0 Å². The van der Waals surface area contributed by atoms with Gasteiger partial charge < -0.3 is 5.32 Å². The van der Waals surface area contributed by atoms with Gasteiger partial charge >= 0.3 is 0 Å². The third-order valence-electron chi connectivity index (χ3n) is 5.21. The topological polar surface area (TPSA) is 74.9 Å². The van der Waals surface area contributed by atoms with Crippen LogP contribution in [0.3, 0.4) is 0 Å². The molecule has 0 bridgehead atoms. The number of hydrogen-bond acceptors (Lipinski definition) is 4. The van der Waals surface area contributed by atoms with Crippen molar-refractivity contribution in [2.75, 3.05) is 0 Å². The average molecular weight is 470 g/mol. The highest BCUT2D eigenvalue weighted by Gasteiger charge is 2.19. The normalized spacial score (nSPS) is 13.1. The number of nitriles is 1. The van der Waals surface area contributed by atoms with Crippen molar-refractivity contribution in [2.45, 2.75) is 13.0 Å². The van der Waals surface area contributed by atoms with Crippen LogP contribution in [0.25, 0.3) is 17.3 Å². The standard InChI is InChI=1S/C27H20FN3O2S/c1-18(20-8-4-2-5-9-20)30-25(32)23(17-29)27-31(22-10-6-3-7-11-22)26(33)24(34-27)16-19-12-14-21(28)15-13-19/h2-16,18H,1H3,(H,30,32)/b24-16+,27-23+/t18-/m0/s1. The Labute approximate surface area is 199 Å². The summed E-state index contributed by atoms with van der Waals surface area (Å²) in [4.78, 5) is 26.5. The van der Waals surface area contributed by atoms with Crippen molar-refractivity contribution < 1.29 is 9.18 Å². The van der Waals surface area contributed by atoms with Crippen molar-refractivity contribution in [3.63, 3.8) is 0 Å². The molecule has 3 aromatic carbocycles. The van der Waals surface area contributed by atoms with Crippen LogP contribution in [0.15, 0.2) is 89.7 Å². The fourth-order valence-electron chi connectivity index (χ4n) is 3.46. The second-order valence-electron chi connectivity index (χ2n) is 7.54. The minimum absolute atomic E-state index is 0.160. The molecule has 0 radical (unpaired) electrons. The van der Waals surface area contributed by atoms with Gasteiger partial charge in [-0.15, -0.1) is 11.3 Å². The number of halogens is 1. The van der Waals surface area contributed by atoms with Crippen LogP contribution in [-0.2, 0) is 4.79 Å². The average Bonchev–Trinajstić information content (AvgIpc) is 3.17. The van der Waals surface area contributed by atoms with Gasteiger partial charge in [0.25, 0.3) is 11.5 Å². The molecule has 4 aromatic rings. The van der Waals surface area contributed by atoms with E-state index in [-0.39, 0.29) is 27.7 Å². The Hall–Kier alpha value is -4.28. The van der Waals surface area contributed by atoms with Gasteiger partial charge in [-0.05, 0) is 48.4 Å². The largest absolute Gasteiger partial charge is 0.345 e. The van der Waals surface area contributed by atoms with Crippen molar-refractivity contribution in [1.29, 1.82) is 5.26 Å². The maximum Gasteiger partial charge on any atom is 0.273 e. The summed E-state index contributed by atoms with van der Waals surface area (Å²) in [5.74, 6) is -0.951. The number of thiazole rings is 1. The molecule has 0 aliphatic carbocycles. The second kappa shape index (κ2) is 10.1. The molecule has 1 N–H and O–H groups in total. The monoisotopic (exact) mass is 469 g/mol. The Bertz CT molecular complexity index is 1530. The molecule has 7 heteroatoms. The molecular weight excluding hydrogens is 449 g/mol. The summed E-state index contributed by atoms with van der Waals surface area (Å²) in [5.41, 5.74) is 1.53. The predicted octanol–water partition coefficient (Wildman–Crippen LogP) is 3.42. The Morgan fingerprint density at radius 1 is 1.03 bits per heavy atom. The van der Waals surface area contributed by atoms with Crippen molar-refractivity contribution in [3.8, 4) is 11.8 Å². The van der Waals surface area contributed by atoms with E-state index in [0.717, 1.165) is 16.9 Å². The second-order valence-corrected chi connectivity index (χ2v) is 8.57. The van der Waals surface area contributed by atoms with E-state index in [9.17, 15) is 19.2 Å². The summed E-state index contributed by atoms with van der Waals surface area (Å²) in [6.45, 7) is 1.83. The molecule has 0 fully saturated rings. The molecule has 34 heavy (non-hydrogen) atoms. The molecule has 1 aromatic heterocycles. The first kappa shape index (κ1) is 22.9. The maximum absolute atomic E-state index is 13.4. The van der Waals surface area contributed by atoms with Gasteiger partial charge in [-0.25, -0.2) is 4.39 Å². The Morgan fingerprint density at radius 2 is 1.65 bits per heavy atom. The molecule has 0 aliphatic heterocycles. The molecular formula is C27H20FN3O2S. The minimum atomic E-state index is -0.571. The molecule has 1 amide bonds. The number of nitrogens with one attached hydrogen (secondary N) is 1. The summed E-state index contributed by atoms with van der Waals surface area (Å²) < 4.78 is 15.2. The van der Waals surface area contributed by atoms with E-state index >= 15 is 0 Å². The molecule has 1 atom stereocenters. The third-order valence-corrected chi connectivity index (χ3v) is 6.30. The molecule has 4 rings (SSSR count). The predicted molar refractivity (Wildman–Crippen MR) is 131 cm³/mol. The van der Waals surface area contributed by atoms with Crippen LogP contribution in [0.1, 0.15) is 24.1 Å². The summed E-state index contributed by atoms with van der Waals surface area (Å²) in [6, 6.07) is 25.6. The quantitative estimate of drug-likeness (QED) is 0.487. The number of amides is 1. The highest BCUT2D eigenvalue weighted by molar-refractivity contribution is 7.07. The van der Waals surface area contributed by atoms with Crippen molar-refractivity contribution in [1.82, 2.24) is 9.88 Å². The van der Waals surface area contributed by atoms with Crippen LogP contribution in [0, 0.1) is 17.1 Å². The number of carbonyl (C=O) groups is 1. The van der Waals surface area contributed by atoms with Gasteiger partial charge in [0.1, 0.15) is 16.5 Å². The number of para-hydroxylation sites is 1. The number of hydrogen-bond donors (Lipinski definition) is 1. The van der Waals surface area contributed by atoms with Crippen LogP contribution in [0.4, 0.5) is 4.39 Å². The first-order valence-corrected chi connectivity index (χ1v) is 11.3. The molecule has 0 spiro atoms. The van der Waals surface area contributed by atoms with Crippen LogP contribution in [0.5, 0.6) is 0 Å². The van der Waals surface area contributed by atoms with Gasteiger partial charge in [0.15, 0.2) is 5.57 Å². The Kier molecular flexibility index (Phi) is 6.81. The summed E-state index contributed by atoms with van der Waals surface area (Å²) in [5, 5.41) is 12.8. The highest BCUT2D eigenvalue weighted by Crippen LogP contribution is 2.12. The van der Waals surface area contributed by atoms with Gasteiger partial charge in [-0.3, -0.25) is 14.2 Å². The molecule has 5 nitrogen and oxygen atoms in total. The minimum Gasteiger partial charge on any atom is -0.345 e. The first-order valence-electron chi connectivity index (χ1n) is 10.5. The zero-order chi connectivity index (χ0) is 24.1. The van der Waals surface area contributed by atoms with Crippen molar-refractivity contribution in [2.24, 2.45) is 0 Å². The molecule has 0 saturated carbocycles. The van der Waals surface area contributed by atoms with Gasteiger partial charge in [-0.2, -0.15) is 5.26 Å². The van der Waals surface area contributed by atoms with Gasteiger partial charge in [0.2, 0.25) is 0 Å². The summed E-state index contributed by atoms with van der Waals surface area (Å²) in [7, 11) is 0. The van der Waals surface area contributed by atoms with Crippen molar-refractivity contribution in [3.05, 3.63) is 121 Å². The lowest BCUT2D eigenvalue weighted by Crippen LogP contribution is -2.34. The SMILES string of the molecule is C[C@H](NC(=O)/C(C#N)=c1/s/c(=C/c2ccc(F)cc2)c(=O)n1-c1ccccc1)c1ccccc1. The van der Waals surface area contributed by atoms with E-state index in [4.69, 9.17) is 0 Å². The third kappa shape index (κ3) is 4.87. The van der Waals surface area contributed by atoms with Crippen LogP contribution in [-0.4, -0.2) is 10.5 Å². The number of aromatic nitrogens is 1. The zero-order valence-corrected chi connectivity index (χ0v) is 19.1. The van der Waals surface area contributed by atoms with E-state index in [1.807, 2.05) is 49.4 Å². The van der Waals surface area contributed by atoms with Crippen LogP contribution < -0.4 is 20.1 Å². The maximum atomic E-state index is 13.4. The van der Waals surface area contributed by atoms with E-state index < -0.39 is 5.91 Å². The number of nitrogens with zero attached hydrogens (tertiary/aromatic N) is 2. The van der Waals surface area contributed by atoms with E-state index in [1.165, 1.54) is 16.7 Å². The van der Waals surface area contributed by atoms with Crippen molar-refractivity contribution >= 4 is 28.9 Å². The Balaban J connectivity index is 1.89. The van der Waals surface area contributed by atoms with Gasteiger partial charge in [0.05, 0.1) is 16.3 Å². The van der Waals surface area contributed by atoms with Crippen LogP contribution in [0.2, 0.25) is 0 Å². The summed E-state index contributed by atoms with van der Waals surface area (Å²) in [6.07, 6.45) is 1.62. The number of carbonyl (C=O) groups excluding carboxylic acids is 1. The fourth-order valence-corrected chi connectivity index (χ4v) is 4.56. The zero-order valence-electron chi connectivity index (χ0n) is 18.2. The Morgan fingerprint density at radius 3 is 2.26 bits per heavy atom. The first-order chi connectivity index (χ1) is 16.5. The summed E-state index contributed by atoms with van der Waals surface area (Å²) >= 11 is 1.04. The van der Waals surface area contributed by atoms with Gasteiger partial charge in [-0.1, -0.05) is 60.7 Å². The lowest BCUT2D eigenvalue weighted by Gasteiger charge is -2.13. The fraction of sp³-hybridized carbons (Fsp3) is 0.0741. The lowest BCUT2D eigenvalue weighted by molar-refractivity contribution is -0.116. The molecule has 168 valence electrons. The lowest BCUT2D eigenvalue weighted by atomic mass is 10.1. The molecule has 0 unspecified atom stereocenters. The van der Waals surface area contributed by atoms with Crippen LogP contribution >= 0.6 is 11.3 Å². The van der Waals surface area contributed by atoms with E-state index in [0.29, 0.717) is 15.8 Å². The number of rotatable bonds is 5. The molecule has 1 heterocycles. The molecule has 0 saturated heterocycles. The smallest absolute Gasteiger partial charge is 0.273 e. The van der Waals surface area contributed by atoms with E-state index in [1.54, 1.807) is 42.5 Å². The molecule has 0 aliphatic rings. The van der Waals surface area contributed by atoms with E-state index in [2.05, 4.69) is 5.32 Å².